The molecule has 2 aliphatic carbocycles. The maximum atomic E-state index is 11.1. The van der Waals surface area contributed by atoms with Crippen molar-refractivity contribution >= 4 is 6.29 Å². The minimum Gasteiger partial charge on any atom is -0.366 e. The predicted molar refractivity (Wildman–Crippen MR) is 71.3 cm³/mol. The predicted octanol–water partition coefficient (Wildman–Crippen LogP) is 3.59. The van der Waals surface area contributed by atoms with Crippen LogP contribution >= 0.6 is 0 Å². The summed E-state index contributed by atoms with van der Waals surface area (Å²) in [5.74, 6) is 1.29. The van der Waals surface area contributed by atoms with Gasteiger partial charge in [-0.2, -0.15) is 0 Å². The van der Waals surface area contributed by atoms with Gasteiger partial charge in [0.1, 0.15) is 6.29 Å². The van der Waals surface area contributed by atoms with Gasteiger partial charge in [0, 0.05) is 11.8 Å². The Morgan fingerprint density at radius 1 is 1.22 bits per heavy atom. The van der Waals surface area contributed by atoms with Gasteiger partial charge in [-0.3, -0.25) is 0 Å². The zero-order valence-electron chi connectivity index (χ0n) is 12.2. The van der Waals surface area contributed by atoms with E-state index in [9.17, 15) is 4.79 Å². The van der Waals surface area contributed by atoms with E-state index < -0.39 is 0 Å². The van der Waals surface area contributed by atoms with Crippen LogP contribution < -0.4 is 0 Å². The molecular formula is C16H26O2. The lowest BCUT2D eigenvalue weighted by atomic mass is 9.45. The van der Waals surface area contributed by atoms with Crippen molar-refractivity contribution in [3.63, 3.8) is 0 Å². The Balaban J connectivity index is 1.99. The van der Waals surface area contributed by atoms with E-state index in [0.29, 0.717) is 17.9 Å². The van der Waals surface area contributed by atoms with E-state index in [0.717, 1.165) is 12.7 Å². The van der Waals surface area contributed by atoms with Gasteiger partial charge in [0.05, 0.1) is 11.7 Å². The minimum atomic E-state index is 0.0974. The monoisotopic (exact) mass is 250 g/mol. The zero-order valence-corrected chi connectivity index (χ0v) is 12.2. The molecule has 18 heavy (non-hydrogen) atoms. The second-order valence-electron chi connectivity index (χ2n) is 7.58. The molecule has 0 aromatic carbocycles. The fourth-order valence-electron chi connectivity index (χ4n) is 5.27. The highest BCUT2D eigenvalue weighted by molar-refractivity contribution is 5.51. The van der Waals surface area contributed by atoms with E-state index in [1.165, 1.54) is 25.7 Å². The molecule has 3 rings (SSSR count). The molecule has 2 saturated carbocycles. The van der Waals surface area contributed by atoms with Crippen molar-refractivity contribution in [1.82, 2.24) is 0 Å². The summed E-state index contributed by atoms with van der Waals surface area (Å²) < 4.78 is 6.06. The molecule has 3 fully saturated rings. The first-order chi connectivity index (χ1) is 8.38. The Hall–Kier alpha value is -0.370. The fourth-order valence-corrected chi connectivity index (χ4v) is 5.27. The van der Waals surface area contributed by atoms with Crippen LogP contribution in [0, 0.1) is 22.7 Å². The zero-order chi connectivity index (χ0) is 13.2. The van der Waals surface area contributed by atoms with Gasteiger partial charge in [0.2, 0.25) is 0 Å². The molecule has 1 unspecified atom stereocenters. The SMILES string of the molecule is C[C@@H]1CC[C@]2(C)[C@H](CC[C@H]3OC32C)[C@@]1(C)CC=O. The lowest BCUT2D eigenvalue weighted by Crippen LogP contribution is -2.56. The molecule has 0 radical (unpaired) electrons. The summed E-state index contributed by atoms with van der Waals surface area (Å²) in [7, 11) is 0. The molecule has 2 heteroatoms. The molecule has 1 aliphatic heterocycles. The van der Waals surface area contributed by atoms with Gasteiger partial charge in [0.15, 0.2) is 0 Å². The van der Waals surface area contributed by atoms with Crippen molar-refractivity contribution in [2.24, 2.45) is 22.7 Å². The quantitative estimate of drug-likeness (QED) is 0.554. The first-order valence-electron chi connectivity index (χ1n) is 7.50. The van der Waals surface area contributed by atoms with Crippen LogP contribution in [0.4, 0.5) is 0 Å². The van der Waals surface area contributed by atoms with Crippen LogP contribution in [0.2, 0.25) is 0 Å². The van der Waals surface area contributed by atoms with Crippen molar-refractivity contribution < 1.29 is 9.53 Å². The third kappa shape index (κ3) is 1.31. The maximum absolute atomic E-state index is 11.1. The van der Waals surface area contributed by atoms with Crippen molar-refractivity contribution in [2.45, 2.75) is 71.5 Å². The molecule has 1 heterocycles. The minimum absolute atomic E-state index is 0.0974. The summed E-state index contributed by atoms with van der Waals surface area (Å²) >= 11 is 0. The van der Waals surface area contributed by atoms with Gasteiger partial charge in [-0.15, -0.1) is 0 Å². The lowest BCUT2D eigenvalue weighted by molar-refractivity contribution is -0.124. The molecule has 0 amide bonds. The molecule has 0 aromatic rings. The Morgan fingerprint density at radius 2 is 1.94 bits per heavy atom. The van der Waals surface area contributed by atoms with Gasteiger partial charge >= 0.3 is 0 Å². The molecule has 0 N–H and O–H groups in total. The van der Waals surface area contributed by atoms with Crippen LogP contribution in [0.15, 0.2) is 0 Å². The molecule has 6 atom stereocenters. The van der Waals surface area contributed by atoms with E-state index >= 15 is 0 Å². The Morgan fingerprint density at radius 3 is 2.61 bits per heavy atom. The van der Waals surface area contributed by atoms with Crippen LogP contribution in [-0.4, -0.2) is 18.0 Å². The maximum Gasteiger partial charge on any atom is 0.120 e. The highest BCUT2D eigenvalue weighted by atomic mass is 16.6. The normalized spacial score (nSPS) is 58.6. The van der Waals surface area contributed by atoms with Crippen molar-refractivity contribution in [1.29, 1.82) is 0 Å². The molecule has 0 bridgehead atoms. The average Bonchev–Trinajstić information content (AvgIpc) is 2.99. The van der Waals surface area contributed by atoms with Crippen LogP contribution in [-0.2, 0) is 9.53 Å². The molecule has 3 aliphatic rings. The molecular weight excluding hydrogens is 224 g/mol. The fraction of sp³-hybridized carbons (Fsp3) is 0.938. The summed E-state index contributed by atoms with van der Waals surface area (Å²) in [4.78, 5) is 11.1. The van der Waals surface area contributed by atoms with E-state index in [4.69, 9.17) is 4.74 Å². The third-order valence-electron chi connectivity index (χ3n) is 7.11. The Labute approximate surface area is 110 Å². The topological polar surface area (TPSA) is 29.6 Å². The Kier molecular flexibility index (Phi) is 2.53. The number of carbonyl (C=O) groups is 1. The first kappa shape index (κ1) is 12.7. The molecule has 0 aromatic heterocycles. The van der Waals surface area contributed by atoms with E-state index in [-0.39, 0.29) is 16.4 Å². The summed E-state index contributed by atoms with van der Waals surface area (Å²) in [6.07, 6.45) is 7.29. The Bertz CT molecular complexity index is 379. The van der Waals surface area contributed by atoms with Crippen molar-refractivity contribution in [3.8, 4) is 0 Å². The lowest BCUT2D eigenvalue weighted by Gasteiger charge is -2.58. The van der Waals surface area contributed by atoms with Crippen LogP contribution in [0.3, 0.4) is 0 Å². The molecule has 0 spiro atoms. The number of aldehydes is 1. The number of rotatable bonds is 2. The molecule has 1 saturated heterocycles. The number of epoxide rings is 1. The van der Waals surface area contributed by atoms with Crippen LogP contribution in [0.5, 0.6) is 0 Å². The van der Waals surface area contributed by atoms with Gasteiger partial charge in [-0.25, -0.2) is 0 Å². The van der Waals surface area contributed by atoms with Gasteiger partial charge in [-0.1, -0.05) is 20.8 Å². The average molecular weight is 250 g/mol. The second-order valence-corrected chi connectivity index (χ2v) is 7.58. The summed E-state index contributed by atoms with van der Waals surface area (Å²) in [5.41, 5.74) is 0.551. The van der Waals surface area contributed by atoms with Crippen molar-refractivity contribution in [3.05, 3.63) is 0 Å². The molecule has 2 nitrogen and oxygen atoms in total. The van der Waals surface area contributed by atoms with Gasteiger partial charge in [0.25, 0.3) is 0 Å². The van der Waals surface area contributed by atoms with Crippen molar-refractivity contribution in [2.75, 3.05) is 0 Å². The highest BCUT2D eigenvalue weighted by Gasteiger charge is 2.71. The smallest absolute Gasteiger partial charge is 0.120 e. The highest BCUT2D eigenvalue weighted by Crippen LogP contribution is 2.69. The number of fused-ring (bicyclic) bond motifs is 3. The standard InChI is InChI=1S/C16H26O2/c1-11-7-8-15(3)12(14(11,2)9-10-17)5-6-13-16(15,4)18-13/h10-13H,5-9H2,1-4H3/t11-,12-,13-,14+,15-,16?/m1/s1. The summed E-state index contributed by atoms with van der Waals surface area (Å²) in [5, 5.41) is 0. The number of ether oxygens (including phenoxy) is 1. The van der Waals surface area contributed by atoms with Crippen LogP contribution in [0.1, 0.15) is 59.8 Å². The first-order valence-corrected chi connectivity index (χ1v) is 7.50. The van der Waals surface area contributed by atoms with E-state index in [2.05, 4.69) is 27.7 Å². The summed E-state index contributed by atoms with van der Waals surface area (Å²) in [6.45, 7) is 9.42. The largest absolute Gasteiger partial charge is 0.366 e. The number of hydrogen-bond donors (Lipinski definition) is 0. The van der Waals surface area contributed by atoms with Crippen LogP contribution in [0.25, 0.3) is 0 Å². The van der Waals surface area contributed by atoms with E-state index in [1.54, 1.807) is 0 Å². The van der Waals surface area contributed by atoms with Gasteiger partial charge < -0.3 is 9.53 Å². The third-order valence-corrected chi connectivity index (χ3v) is 7.11. The van der Waals surface area contributed by atoms with E-state index in [1.807, 2.05) is 0 Å². The number of hydrogen-bond acceptors (Lipinski definition) is 2. The second kappa shape index (κ2) is 3.59. The molecule has 102 valence electrons. The van der Waals surface area contributed by atoms with Gasteiger partial charge in [-0.05, 0) is 49.9 Å². The summed E-state index contributed by atoms with van der Waals surface area (Å²) in [6, 6.07) is 0. The number of carbonyl (C=O) groups excluding carboxylic acids is 1.